The Labute approximate surface area is 126 Å². The summed E-state index contributed by atoms with van der Waals surface area (Å²) in [6.07, 6.45) is 3.30. The Kier molecular flexibility index (Phi) is 4.06. The van der Waals surface area contributed by atoms with E-state index in [1.54, 1.807) is 23.5 Å². The first kappa shape index (κ1) is 13.9. The lowest BCUT2D eigenvalue weighted by Gasteiger charge is -2.02. The third-order valence-electron chi connectivity index (χ3n) is 3.28. The van der Waals surface area contributed by atoms with E-state index in [-0.39, 0.29) is 5.56 Å². The third-order valence-corrected chi connectivity index (χ3v) is 4.24. The summed E-state index contributed by atoms with van der Waals surface area (Å²) in [6, 6.07) is 7.25. The summed E-state index contributed by atoms with van der Waals surface area (Å²) in [4.78, 5) is 16.9. The summed E-state index contributed by atoms with van der Waals surface area (Å²) >= 11 is 1.64. The van der Waals surface area contributed by atoms with Gasteiger partial charge in [0.05, 0.1) is 22.6 Å². The second kappa shape index (κ2) is 6.13. The Morgan fingerprint density at radius 2 is 2.14 bits per heavy atom. The van der Waals surface area contributed by atoms with Gasteiger partial charge in [-0.1, -0.05) is 30.7 Å². The van der Waals surface area contributed by atoms with Gasteiger partial charge >= 0.3 is 0 Å². The van der Waals surface area contributed by atoms with Crippen molar-refractivity contribution in [2.75, 3.05) is 0 Å². The topological polar surface area (TPSA) is 60.7 Å². The number of benzene rings is 1. The Morgan fingerprint density at radius 1 is 1.29 bits per heavy atom. The van der Waals surface area contributed by atoms with Crippen LogP contribution in [0.3, 0.4) is 0 Å². The molecule has 21 heavy (non-hydrogen) atoms. The molecule has 2 heterocycles. The highest BCUT2D eigenvalue weighted by Crippen LogP contribution is 2.13. The molecule has 0 radical (unpaired) electrons. The molecular weight excluding hydrogens is 284 g/mol. The fraction of sp³-hybridized carbons (Fsp3) is 0.333. The molecule has 108 valence electrons. The third kappa shape index (κ3) is 3.00. The lowest BCUT2D eigenvalue weighted by molar-refractivity contribution is 0.592. The van der Waals surface area contributed by atoms with Crippen molar-refractivity contribution in [3.63, 3.8) is 0 Å². The average Bonchev–Trinajstić information content (AvgIpc) is 2.96. The summed E-state index contributed by atoms with van der Waals surface area (Å²) < 4.78 is 1.38. The van der Waals surface area contributed by atoms with Gasteiger partial charge in [0.15, 0.2) is 0 Å². The van der Waals surface area contributed by atoms with E-state index in [1.807, 2.05) is 17.5 Å². The maximum atomic E-state index is 12.3. The predicted octanol–water partition coefficient (Wildman–Crippen LogP) is 2.64. The van der Waals surface area contributed by atoms with Crippen molar-refractivity contribution in [3.05, 3.63) is 50.7 Å². The number of hydrogen-bond acceptors (Lipinski definition) is 5. The molecule has 5 nitrogen and oxygen atoms in total. The van der Waals surface area contributed by atoms with E-state index in [1.165, 1.54) is 4.68 Å². The van der Waals surface area contributed by atoms with E-state index < -0.39 is 0 Å². The molecule has 0 N–H and O–H groups in total. The van der Waals surface area contributed by atoms with Gasteiger partial charge in [0.25, 0.3) is 5.56 Å². The van der Waals surface area contributed by atoms with Gasteiger partial charge in [0, 0.05) is 5.38 Å². The van der Waals surface area contributed by atoms with Crippen molar-refractivity contribution in [2.45, 2.75) is 32.7 Å². The first-order chi connectivity index (χ1) is 10.3. The quantitative estimate of drug-likeness (QED) is 0.727. The molecular formula is C15H16N4OS. The van der Waals surface area contributed by atoms with E-state index in [4.69, 9.17) is 0 Å². The van der Waals surface area contributed by atoms with Crippen LogP contribution in [0.2, 0.25) is 0 Å². The number of aromatic nitrogens is 4. The van der Waals surface area contributed by atoms with Crippen LogP contribution in [-0.4, -0.2) is 20.0 Å². The highest BCUT2D eigenvalue weighted by atomic mass is 32.1. The van der Waals surface area contributed by atoms with Gasteiger partial charge < -0.3 is 0 Å². The van der Waals surface area contributed by atoms with E-state index in [0.29, 0.717) is 17.4 Å². The summed E-state index contributed by atoms with van der Waals surface area (Å²) in [7, 11) is 0. The Bertz CT molecular complexity index is 809. The van der Waals surface area contributed by atoms with Gasteiger partial charge in [-0.2, -0.15) is 0 Å². The first-order valence-electron chi connectivity index (χ1n) is 7.03. The van der Waals surface area contributed by atoms with Crippen molar-refractivity contribution in [2.24, 2.45) is 0 Å². The largest absolute Gasteiger partial charge is 0.277 e. The molecule has 3 aromatic rings. The van der Waals surface area contributed by atoms with Crippen LogP contribution in [0.5, 0.6) is 0 Å². The second-order valence-corrected chi connectivity index (χ2v) is 5.85. The van der Waals surface area contributed by atoms with Crippen LogP contribution in [0.4, 0.5) is 0 Å². The van der Waals surface area contributed by atoms with Crippen LogP contribution in [0.1, 0.15) is 30.5 Å². The van der Waals surface area contributed by atoms with Gasteiger partial charge in [-0.3, -0.25) is 4.79 Å². The molecule has 6 heteroatoms. The molecule has 0 atom stereocenters. The monoisotopic (exact) mass is 300 g/mol. The number of nitrogens with zero attached hydrogens (tertiary/aromatic N) is 4. The van der Waals surface area contributed by atoms with Crippen molar-refractivity contribution in [3.8, 4) is 0 Å². The molecule has 0 amide bonds. The minimum atomic E-state index is -0.122. The van der Waals surface area contributed by atoms with E-state index >= 15 is 0 Å². The molecule has 0 saturated carbocycles. The minimum Gasteiger partial charge on any atom is -0.267 e. The first-order valence-corrected chi connectivity index (χ1v) is 7.91. The molecule has 0 saturated heterocycles. The molecule has 0 aliphatic carbocycles. The standard InChI is InChI=1S/C15H16N4OS/c1-2-3-8-14-16-11(10-21-14)9-19-15(20)12-6-4-5-7-13(12)17-18-19/h4-7,10H,2-3,8-9H2,1H3. The fourth-order valence-electron chi connectivity index (χ4n) is 2.14. The molecule has 0 unspecified atom stereocenters. The van der Waals surface area contributed by atoms with Crippen molar-refractivity contribution >= 4 is 22.2 Å². The van der Waals surface area contributed by atoms with Gasteiger partial charge in [-0.15, -0.1) is 16.4 Å². The summed E-state index contributed by atoms with van der Waals surface area (Å²) in [5.41, 5.74) is 1.38. The van der Waals surface area contributed by atoms with Gasteiger partial charge in [0.1, 0.15) is 5.52 Å². The normalized spacial score (nSPS) is 11.1. The van der Waals surface area contributed by atoms with Crippen molar-refractivity contribution in [1.82, 2.24) is 20.0 Å². The van der Waals surface area contributed by atoms with Gasteiger partial charge in [0.2, 0.25) is 0 Å². The van der Waals surface area contributed by atoms with Crippen LogP contribution < -0.4 is 5.56 Å². The van der Waals surface area contributed by atoms with Crippen LogP contribution in [-0.2, 0) is 13.0 Å². The zero-order valence-electron chi connectivity index (χ0n) is 11.8. The lowest BCUT2D eigenvalue weighted by atomic mass is 10.2. The second-order valence-electron chi connectivity index (χ2n) is 4.91. The smallest absolute Gasteiger partial charge is 0.267 e. The molecule has 3 rings (SSSR count). The zero-order chi connectivity index (χ0) is 14.7. The van der Waals surface area contributed by atoms with E-state index in [9.17, 15) is 4.79 Å². The highest BCUT2D eigenvalue weighted by Gasteiger charge is 2.08. The van der Waals surface area contributed by atoms with Crippen LogP contribution in [0.15, 0.2) is 34.4 Å². The van der Waals surface area contributed by atoms with Crippen LogP contribution in [0.25, 0.3) is 10.9 Å². The van der Waals surface area contributed by atoms with E-state index in [2.05, 4.69) is 22.2 Å². The molecule has 0 bridgehead atoms. The average molecular weight is 300 g/mol. The highest BCUT2D eigenvalue weighted by molar-refractivity contribution is 7.09. The van der Waals surface area contributed by atoms with Crippen molar-refractivity contribution in [1.29, 1.82) is 0 Å². The molecule has 0 fully saturated rings. The maximum Gasteiger partial charge on any atom is 0.277 e. The van der Waals surface area contributed by atoms with E-state index in [0.717, 1.165) is 30.0 Å². The fourth-order valence-corrected chi connectivity index (χ4v) is 2.98. The summed E-state index contributed by atoms with van der Waals surface area (Å²) in [6.45, 7) is 2.54. The van der Waals surface area contributed by atoms with Gasteiger partial charge in [-0.25, -0.2) is 9.67 Å². The molecule has 1 aromatic carbocycles. The molecule has 0 aliphatic rings. The summed E-state index contributed by atoms with van der Waals surface area (Å²) in [5, 5.41) is 11.8. The predicted molar refractivity (Wildman–Crippen MR) is 83.6 cm³/mol. The van der Waals surface area contributed by atoms with Crippen LogP contribution in [0, 0.1) is 0 Å². The molecule has 2 aromatic heterocycles. The molecule has 0 aliphatic heterocycles. The number of aryl methyl sites for hydroxylation is 1. The Morgan fingerprint density at radius 3 is 3.00 bits per heavy atom. The maximum absolute atomic E-state index is 12.3. The number of fused-ring (bicyclic) bond motifs is 1. The zero-order valence-corrected chi connectivity index (χ0v) is 12.6. The Balaban J connectivity index is 1.86. The number of unbranched alkanes of at least 4 members (excludes halogenated alkanes) is 1. The number of rotatable bonds is 5. The minimum absolute atomic E-state index is 0.122. The molecule has 0 spiro atoms. The summed E-state index contributed by atoms with van der Waals surface area (Å²) in [5.74, 6) is 0. The SMILES string of the molecule is CCCCc1nc(Cn2nnc3ccccc3c2=O)cs1. The lowest BCUT2D eigenvalue weighted by Crippen LogP contribution is -2.24. The number of hydrogen-bond donors (Lipinski definition) is 0. The Hall–Kier alpha value is -2.08. The van der Waals surface area contributed by atoms with Gasteiger partial charge in [-0.05, 0) is 25.0 Å². The number of thiazole rings is 1. The van der Waals surface area contributed by atoms with Crippen LogP contribution >= 0.6 is 11.3 Å². The van der Waals surface area contributed by atoms with Crippen molar-refractivity contribution < 1.29 is 0 Å².